The normalized spacial score (nSPS) is 11.9. The van der Waals surface area contributed by atoms with E-state index in [4.69, 9.17) is 4.74 Å². The van der Waals surface area contributed by atoms with E-state index in [9.17, 15) is 22.0 Å². The highest BCUT2D eigenvalue weighted by Crippen LogP contribution is 2.32. The SMILES string of the molecule is COCCCc1ccc(CCc2ccc3c(F)c(CCc4ccc(C(F)(F)F)c(F)c4)ccc3c2)c(F)c1. The molecular formula is C31H28F6O. The minimum Gasteiger partial charge on any atom is -0.385 e. The van der Waals surface area contributed by atoms with Crippen LogP contribution in [0.5, 0.6) is 0 Å². The van der Waals surface area contributed by atoms with E-state index in [1.165, 1.54) is 6.07 Å². The summed E-state index contributed by atoms with van der Waals surface area (Å²) in [5, 5.41) is 1.13. The number of alkyl halides is 3. The van der Waals surface area contributed by atoms with Gasteiger partial charge in [0.05, 0.1) is 5.56 Å². The molecule has 1 nitrogen and oxygen atoms in total. The lowest BCUT2D eigenvalue weighted by Crippen LogP contribution is -2.08. The molecule has 0 spiro atoms. The number of methoxy groups -OCH3 is 1. The van der Waals surface area contributed by atoms with E-state index < -0.39 is 23.4 Å². The summed E-state index contributed by atoms with van der Waals surface area (Å²) in [7, 11) is 1.64. The minimum atomic E-state index is -4.76. The van der Waals surface area contributed by atoms with Gasteiger partial charge in [-0.05, 0) is 89.9 Å². The van der Waals surface area contributed by atoms with Gasteiger partial charge in [-0.2, -0.15) is 13.2 Å². The molecule has 200 valence electrons. The largest absolute Gasteiger partial charge is 0.419 e. The zero-order valence-corrected chi connectivity index (χ0v) is 21.0. The molecule has 0 atom stereocenters. The van der Waals surface area contributed by atoms with Crippen molar-refractivity contribution in [3.05, 3.63) is 118 Å². The lowest BCUT2D eigenvalue weighted by Gasteiger charge is -2.11. The predicted molar refractivity (Wildman–Crippen MR) is 137 cm³/mol. The van der Waals surface area contributed by atoms with Gasteiger partial charge in [-0.3, -0.25) is 0 Å². The lowest BCUT2D eigenvalue weighted by molar-refractivity contribution is -0.140. The van der Waals surface area contributed by atoms with Crippen molar-refractivity contribution < 1.29 is 31.1 Å². The molecule has 0 unspecified atom stereocenters. The van der Waals surface area contributed by atoms with Gasteiger partial charge in [-0.25, -0.2) is 13.2 Å². The Hall–Kier alpha value is -3.32. The number of hydrogen-bond donors (Lipinski definition) is 0. The summed E-state index contributed by atoms with van der Waals surface area (Å²) in [6, 6.07) is 16.9. The van der Waals surface area contributed by atoms with Crippen molar-refractivity contribution in [3.63, 3.8) is 0 Å². The van der Waals surface area contributed by atoms with Gasteiger partial charge in [0, 0.05) is 19.1 Å². The first kappa shape index (κ1) is 27.7. The second kappa shape index (κ2) is 12.0. The lowest BCUT2D eigenvalue weighted by atomic mass is 9.96. The Labute approximate surface area is 218 Å². The molecule has 0 saturated heterocycles. The summed E-state index contributed by atoms with van der Waals surface area (Å²) in [6.45, 7) is 0.632. The Morgan fingerprint density at radius 3 is 1.92 bits per heavy atom. The van der Waals surface area contributed by atoms with E-state index in [0.717, 1.165) is 30.0 Å². The second-order valence-corrected chi connectivity index (χ2v) is 9.43. The maximum absolute atomic E-state index is 15.2. The van der Waals surface area contributed by atoms with Gasteiger partial charge in [-0.15, -0.1) is 0 Å². The van der Waals surface area contributed by atoms with Crippen LogP contribution < -0.4 is 0 Å². The zero-order valence-electron chi connectivity index (χ0n) is 21.0. The number of aryl methyl sites for hydroxylation is 5. The van der Waals surface area contributed by atoms with Crippen LogP contribution in [0.4, 0.5) is 26.3 Å². The number of hydrogen-bond acceptors (Lipinski definition) is 1. The fourth-order valence-electron chi connectivity index (χ4n) is 4.61. The summed E-state index contributed by atoms with van der Waals surface area (Å²) >= 11 is 0. The first-order chi connectivity index (χ1) is 18.2. The molecule has 0 aliphatic heterocycles. The molecule has 0 amide bonds. The summed E-state index contributed by atoms with van der Waals surface area (Å²) in [4.78, 5) is 0. The Bertz CT molecular complexity index is 1410. The van der Waals surface area contributed by atoms with Crippen molar-refractivity contribution >= 4 is 10.8 Å². The highest BCUT2D eigenvalue weighted by atomic mass is 19.4. The third kappa shape index (κ3) is 6.76. The first-order valence-electron chi connectivity index (χ1n) is 12.5. The number of fused-ring (bicyclic) bond motifs is 1. The predicted octanol–water partition coefficient (Wildman–Crippen LogP) is 8.43. The molecule has 0 bridgehead atoms. The van der Waals surface area contributed by atoms with Gasteiger partial charge in [0.2, 0.25) is 0 Å². The smallest absolute Gasteiger partial charge is 0.385 e. The molecule has 4 aromatic carbocycles. The Kier molecular flexibility index (Phi) is 8.77. The molecule has 0 saturated carbocycles. The van der Waals surface area contributed by atoms with Gasteiger partial charge < -0.3 is 4.74 Å². The molecule has 0 aromatic heterocycles. The van der Waals surface area contributed by atoms with Gasteiger partial charge in [0.15, 0.2) is 0 Å². The van der Waals surface area contributed by atoms with E-state index in [-0.39, 0.29) is 18.7 Å². The second-order valence-electron chi connectivity index (χ2n) is 9.43. The van der Waals surface area contributed by atoms with Crippen molar-refractivity contribution in [2.75, 3.05) is 13.7 Å². The minimum absolute atomic E-state index is 0.201. The molecule has 0 aliphatic carbocycles. The van der Waals surface area contributed by atoms with Crippen LogP contribution in [0.25, 0.3) is 10.8 Å². The van der Waals surface area contributed by atoms with Crippen molar-refractivity contribution in [1.82, 2.24) is 0 Å². The fourth-order valence-corrected chi connectivity index (χ4v) is 4.61. The van der Waals surface area contributed by atoms with Crippen LogP contribution in [0.3, 0.4) is 0 Å². The summed E-state index contributed by atoms with van der Waals surface area (Å²) in [5.41, 5.74) is 1.96. The quantitative estimate of drug-likeness (QED) is 0.148. The third-order valence-electron chi connectivity index (χ3n) is 6.73. The van der Waals surface area contributed by atoms with Crippen LogP contribution in [0.2, 0.25) is 0 Å². The summed E-state index contributed by atoms with van der Waals surface area (Å²) in [5.74, 6) is -1.97. The maximum atomic E-state index is 15.2. The average Bonchev–Trinajstić information content (AvgIpc) is 2.87. The standard InChI is InChI=1S/C31H28F6O/c1-38-16-2-3-20-4-9-23(28(32)18-20)10-5-21-7-14-26-25(17-21)13-12-24(30(26)34)11-6-22-8-15-27(29(33)19-22)31(35,36)37/h4,7-9,12-15,17-19H,2-3,5-6,10-11,16H2,1H3. The van der Waals surface area contributed by atoms with Crippen molar-refractivity contribution in [3.8, 4) is 0 Å². The average molecular weight is 531 g/mol. The number of halogens is 6. The van der Waals surface area contributed by atoms with Gasteiger partial charge in [0.25, 0.3) is 0 Å². The summed E-state index contributed by atoms with van der Waals surface area (Å²) < 4.78 is 86.9. The molecule has 0 aliphatic rings. The topological polar surface area (TPSA) is 9.23 Å². The zero-order chi connectivity index (χ0) is 27.3. The first-order valence-corrected chi connectivity index (χ1v) is 12.5. The molecule has 7 heteroatoms. The van der Waals surface area contributed by atoms with E-state index in [0.29, 0.717) is 53.0 Å². The van der Waals surface area contributed by atoms with Crippen LogP contribution in [0.15, 0.2) is 66.7 Å². The van der Waals surface area contributed by atoms with E-state index in [2.05, 4.69) is 0 Å². The fraction of sp³-hybridized carbons (Fsp3) is 0.290. The molecule has 38 heavy (non-hydrogen) atoms. The number of ether oxygens (including phenoxy) is 1. The Morgan fingerprint density at radius 2 is 1.24 bits per heavy atom. The van der Waals surface area contributed by atoms with Crippen LogP contribution in [0, 0.1) is 17.5 Å². The summed E-state index contributed by atoms with van der Waals surface area (Å²) in [6.07, 6.45) is -1.64. The van der Waals surface area contributed by atoms with Gasteiger partial charge in [0.1, 0.15) is 17.5 Å². The molecule has 0 N–H and O–H groups in total. The highest BCUT2D eigenvalue weighted by molar-refractivity contribution is 5.84. The van der Waals surface area contributed by atoms with Crippen molar-refractivity contribution in [2.24, 2.45) is 0 Å². The molecule has 0 heterocycles. The van der Waals surface area contributed by atoms with Crippen molar-refractivity contribution in [1.29, 1.82) is 0 Å². The highest BCUT2D eigenvalue weighted by Gasteiger charge is 2.33. The molecular weight excluding hydrogens is 502 g/mol. The van der Waals surface area contributed by atoms with Crippen LogP contribution >= 0.6 is 0 Å². The molecule has 4 aromatic rings. The van der Waals surface area contributed by atoms with Crippen LogP contribution in [-0.2, 0) is 43.0 Å². The Morgan fingerprint density at radius 1 is 0.632 bits per heavy atom. The van der Waals surface area contributed by atoms with Gasteiger partial charge >= 0.3 is 6.18 Å². The van der Waals surface area contributed by atoms with E-state index in [1.807, 2.05) is 24.3 Å². The monoisotopic (exact) mass is 530 g/mol. The van der Waals surface area contributed by atoms with Gasteiger partial charge in [-0.1, -0.05) is 48.5 Å². The van der Waals surface area contributed by atoms with E-state index >= 15 is 4.39 Å². The molecule has 0 fully saturated rings. The Balaban J connectivity index is 1.41. The molecule has 0 radical (unpaired) electrons. The van der Waals surface area contributed by atoms with E-state index in [1.54, 1.807) is 31.4 Å². The van der Waals surface area contributed by atoms with Crippen LogP contribution in [-0.4, -0.2) is 13.7 Å². The van der Waals surface area contributed by atoms with Crippen molar-refractivity contribution in [2.45, 2.75) is 44.7 Å². The maximum Gasteiger partial charge on any atom is 0.419 e. The molecule has 4 rings (SSSR count). The third-order valence-corrected chi connectivity index (χ3v) is 6.73. The number of rotatable bonds is 10. The van der Waals surface area contributed by atoms with Crippen LogP contribution in [0.1, 0.15) is 39.8 Å². The number of benzene rings is 4.